The number of benzene rings is 1. The van der Waals surface area contributed by atoms with Gasteiger partial charge in [-0.25, -0.2) is 4.79 Å². The first-order valence-corrected chi connectivity index (χ1v) is 8.46. The van der Waals surface area contributed by atoms with E-state index in [1.54, 1.807) is 11.9 Å². The summed E-state index contributed by atoms with van der Waals surface area (Å²) in [4.78, 5) is 13.9. The molecule has 0 aliphatic rings. The molecule has 130 valence electrons. The Kier molecular flexibility index (Phi) is 6.92. The van der Waals surface area contributed by atoms with E-state index in [-0.39, 0.29) is 12.1 Å². The van der Waals surface area contributed by atoms with E-state index in [4.69, 9.17) is 4.74 Å². The molecule has 1 aromatic carbocycles. The first-order chi connectivity index (χ1) is 10.7. The lowest BCUT2D eigenvalue weighted by atomic mass is 10.0. The number of hydrogen-bond donors (Lipinski definition) is 1. The smallest absolute Gasteiger partial charge is 0.410 e. The van der Waals surface area contributed by atoms with Crippen molar-refractivity contribution in [1.29, 1.82) is 0 Å². The molecule has 0 aliphatic heterocycles. The van der Waals surface area contributed by atoms with E-state index in [1.165, 1.54) is 12.0 Å². The van der Waals surface area contributed by atoms with Gasteiger partial charge in [0.2, 0.25) is 0 Å². The van der Waals surface area contributed by atoms with Crippen LogP contribution in [0.3, 0.4) is 0 Å². The van der Waals surface area contributed by atoms with Crippen LogP contribution in [0.1, 0.15) is 64.6 Å². The predicted octanol–water partition coefficient (Wildman–Crippen LogP) is 5.13. The maximum absolute atomic E-state index is 12.2. The minimum Gasteiger partial charge on any atom is -0.444 e. The van der Waals surface area contributed by atoms with E-state index in [1.807, 2.05) is 27.7 Å². The molecule has 0 radical (unpaired) electrons. The fraction of sp³-hybridized carbons (Fsp3) is 0.632. The fourth-order valence-corrected chi connectivity index (χ4v) is 2.21. The van der Waals surface area contributed by atoms with Gasteiger partial charge in [-0.15, -0.1) is 0 Å². The summed E-state index contributed by atoms with van der Waals surface area (Å²) >= 11 is 0. The highest BCUT2D eigenvalue weighted by Crippen LogP contribution is 2.26. The third-order valence-corrected chi connectivity index (χ3v) is 3.85. The lowest BCUT2D eigenvalue weighted by Crippen LogP contribution is -2.35. The third kappa shape index (κ3) is 6.12. The average molecular weight is 320 g/mol. The molecule has 0 spiro atoms. The Hall–Kier alpha value is -1.71. The lowest BCUT2D eigenvalue weighted by molar-refractivity contribution is 0.0234. The molecule has 0 aromatic heterocycles. The lowest BCUT2D eigenvalue weighted by Gasteiger charge is -2.29. The van der Waals surface area contributed by atoms with Crippen molar-refractivity contribution in [2.45, 2.75) is 66.0 Å². The molecule has 0 unspecified atom stereocenters. The average Bonchev–Trinajstić information content (AvgIpc) is 2.46. The van der Waals surface area contributed by atoms with Crippen molar-refractivity contribution in [2.24, 2.45) is 0 Å². The molecule has 0 aliphatic carbocycles. The molecule has 4 heteroatoms. The van der Waals surface area contributed by atoms with Gasteiger partial charge in [0.25, 0.3) is 0 Å². The van der Waals surface area contributed by atoms with Crippen LogP contribution in [0.5, 0.6) is 0 Å². The largest absolute Gasteiger partial charge is 0.444 e. The number of unbranched alkanes of at least 4 members (excludes halogenated alkanes) is 1. The summed E-state index contributed by atoms with van der Waals surface area (Å²) in [5.74, 6) is 0. The van der Waals surface area contributed by atoms with Gasteiger partial charge in [-0.2, -0.15) is 0 Å². The molecule has 4 nitrogen and oxygen atoms in total. The second-order valence-corrected chi connectivity index (χ2v) is 7.12. The minimum absolute atomic E-state index is 0.0443. The van der Waals surface area contributed by atoms with Gasteiger partial charge in [-0.05, 0) is 58.2 Å². The summed E-state index contributed by atoms with van der Waals surface area (Å²) in [6.45, 7) is 12.9. The second-order valence-electron chi connectivity index (χ2n) is 7.12. The molecule has 1 aromatic rings. The summed E-state index contributed by atoms with van der Waals surface area (Å²) in [6.07, 6.45) is 2.02. The van der Waals surface area contributed by atoms with E-state index in [0.717, 1.165) is 24.2 Å². The molecule has 1 atom stereocenters. The summed E-state index contributed by atoms with van der Waals surface area (Å²) in [7, 11) is 1.78. The van der Waals surface area contributed by atoms with Crippen molar-refractivity contribution < 1.29 is 9.53 Å². The Morgan fingerprint density at radius 3 is 2.57 bits per heavy atom. The van der Waals surface area contributed by atoms with Crippen LogP contribution in [-0.2, 0) is 4.74 Å². The molecule has 0 bridgehead atoms. The van der Waals surface area contributed by atoms with Crippen LogP contribution >= 0.6 is 0 Å². The molecular weight excluding hydrogens is 288 g/mol. The zero-order valence-electron chi connectivity index (χ0n) is 15.7. The van der Waals surface area contributed by atoms with E-state index >= 15 is 0 Å². The summed E-state index contributed by atoms with van der Waals surface area (Å²) in [6, 6.07) is 6.27. The van der Waals surface area contributed by atoms with E-state index < -0.39 is 5.60 Å². The quantitative estimate of drug-likeness (QED) is 0.738. The first-order valence-electron chi connectivity index (χ1n) is 8.46. The monoisotopic (exact) mass is 320 g/mol. The third-order valence-electron chi connectivity index (χ3n) is 3.85. The summed E-state index contributed by atoms with van der Waals surface area (Å²) in [5, 5.41) is 3.48. The highest BCUT2D eigenvalue weighted by atomic mass is 16.6. The van der Waals surface area contributed by atoms with Crippen LogP contribution in [0.4, 0.5) is 10.5 Å². The maximum atomic E-state index is 12.2. The van der Waals surface area contributed by atoms with E-state index in [2.05, 4.69) is 37.4 Å². The summed E-state index contributed by atoms with van der Waals surface area (Å²) < 4.78 is 5.45. The van der Waals surface area contributed by atoms with Crippen molar-refractivity contribution >= 4 is 11.8 Å². The van der Waals surface area contributed by atoms with Crippen LogP contribution in [0.2, 0.25) is 0 Å². The van der Waals surface area contributed by atoms with Gasteiger partial charge < -0.3 is 15.0 Å². The normalized spacial score (nSPS) is 12.7. The number of amides is 1. The van der Waals surface area contributed by atoms with Gasteiger partial charge in [0.15, 0.2) is 0 Å². The number of nitrogens with zero attached hydrogens (tertiary/aromatic N) is 1. The maximum Gasteiger partial charge on any atom is 0.410 e. The Labute approximate surface area is 141 Å². The van der Waals surface area contributed by atoms with E-state index in [9.17, 15) is 4.79 Å². The van der Waals surface area contributed by atoms with Crippen molar-refractivity contribution in [3.05, 3.63) is 29.3 Å². The van der Waals surface area contributed by atoms with Crippen LogP contribution in [-0.4, -0.2) is 30.2 Å². The molecule has 0 saturated carbocycles. The molecule has 0 heterocycles. The van der Waals surface area contributed by atoms with Crippen molar-refractivity contribution in [2.75, 3.05) is 18.9 Å². The van der Waals surface area contributed by atoms with Crippen molar-refractivity contribution in [1.82, 2.24) is 4.90 Å². The Morgan fingerprint density at radius 1 is 1.35 bits per heavy atom. The zero-order valence-corrected chi connectivity index (χ0v) is 15.7. The number of rotatable bonds is 6. The van der Waals surface area contributed by atoms with Crippen molar-refractivity contribution in [3.8, 4) is 0 Å². The molecule has 0 saturated heterocycles. The SMILES string of the molecule is CCCCNc1cc([C@@H](C)N(C)C(=O)OC(C)(C)C)ccc1C. The number of hydrogen-bond acceptors (Lipinski definition) is 3. The molecular formula is C19H32N2O2. The predicted molar refractivity (Wildman–Crippen MR) is 97.0 cm³/mol. The number of anilines is 1. The zero-order chi connectivity index (χ0) is 17.6. The van der Waals surface area contributed by atoms with Gasteiger partial charge >= 0.3 is 6.09 Å². The number of carbonyl (C=O) groups is 1. The number of nitrogens with one attached hydrogen (secondary N) is 1. The fourth-order valence-electron chi connectivity index (χ4n) is 2.21. The summed E-state index contributed by atoms with van der Waals surface area (Å²) in [5.41, 5.74) is 2.98. The van der Waals surface area contributed by atoms with Crippen LogP contribution in [0.25, 0.3) is 0 Å². The van der Waals surface area contributed by atoms with Crippen LogP contribution in [0.15, 0.2) is 18.2 Å². The van der Waals surface area contributed by atoms with Gasteiger partial charge in [-0.3, -0.25) is 0 Å². The standard InChI is InChI=1S/C19H32N2O2/c1-8-9-12-20-17-13-16(11-10-14(17)2)15(3)21(7)18(22)23-19(4,5)6/h10-11,13,15,20H,8-9,12H2,1-7H3/t15-/m1/s1. The highest BCUT2D eigenvalue weighted by molar-refractivity contribution is 5.68. The second kappa shape index (κ2) is 8.23. The minimum atomic E-state index is -0.481. The number of carbonyl (C=O) groups excluding carboxylic acids is 1. The molecule has 1 amide bonds. The van der Waals surface area contributed by atoms with Crippen LogP contribution < -0.4 is 5.32 Å². The highest BCUT2D eigenvalue weighted by Gasteiger charge is 2.24. The number of ether oxygens (including phenoxy) is 1. The Morgan fingerprint density at radius 2 is 2.00 bits per heavy atom. The Bertz CT molecular complexity index is 521. The van der Waals surface area contributed by atoms with Gasteiger partial charge in [0, 0.05) is 19.3 Å². The molecule has 1 N–H and O–H groups in total. The topological polar surface area (TPSA) is 41.6 Å². The molecule has 0 fully saturated rings. The molecule has 1 rings (SSSR count). The number of aryl methyl sites for hydroxylation is 1. The van der Waals surface area contributed by atoms with E-state index in [0.29, 0.717) is 0 Å². The van der Waals surface area contributed by atoms with Crippen molar-refractivity contribution in [3.63, 3.8) is 0 Å². The Balaban J connectivity index is 2.84. The van der Waals surface area contributed by atoms with Gasteiger partial charge in [0.1, 0.15) is 5.60 Å². The molecule has 23 heavy (non-hydrogen) atoms. The van der Waals surface area contributed by atoms with Gasteiger partial charge in [-0.1, -0.05) is 25.5 Å². The van der Waals surface area contributed by atoms with Crippen LogP contribution in [0, 0.1) is 6.92 Å². The van der Waals surface area contributed by atoms with Gasteiger partial charge in [0.05, 0.1) is 6.04 Å². The first kappa shape index (κ1) is 19.3.